The Balaban J connectivity index is 2.38. The molecule has 0 N–H and O–H groups in total. The van der Waals surface area contributed by atoms with E-state index >= 15 is 0 Å². The fraction of sp³-hybridized carbons (Fsp3) is 0.200. The van der Waals surface area contributed by atoms with Crippen LogP contribution in [0.2, 0.25) is 0 Å². The monoisotopic (exact) mass is 272 g/mol. The molecule has 1 unspecified atom stereocenters. The zero-order valence-electron chi connectivity index (χ0n) is 9.20. The summed E-state index contributed by atoms with van der Waals surface area (Å²) in [5.74, 6) is 0.593. The second-order valence-corrected chi connectivity index (χ2v) is 5.14. The molecule has 0 aliphatic heterocycles. The summed E-state index contributed by atoms with van der Waals surface area (Å²) in [6.45, 7) is 2.24. The van der Waals surface area contributed by atoms with Crippen LogP contribution in [0.15, 0.2) is 40.9 Å². The van der Waals surface area contributed by atoms with Gasteiger partial charge in [-0.2, -0.15) is 0 Å². The first-order valence-corrected chi connectivity index (χ1v) is 6.50. The van der Waals surface area contributed by atoms with E-state index in [0.29, 0.717) is 5.92 Å². The van der Waals surface area contributed by atoms with Crippen LogP contribution in [0, 0.1) is 0 Å². The molecule has 0 saturated carbocycles. The summed E-state index contributed by atoms with van der Waals surface area (Å²) in [6.07, 6.45) is 5.77. The van der Waals surface area contributed by atoms with Gasteiger partial charge in [0, 0.05) is 10.4 Å². The van der Waals surface area contributed by atoms with Crippen LogP contribution in [0.4, 0.5) is 0 Å². The van der Waals surface area contributed by atoms with Crippen LogP contribution in [0.3, 0.4) is 0 Å². The van der Waals surface area contributed by atoms with Crippen molar-refractivity contribution in [1.82, 2.24) is 0 Å². The quantitative estimate of drug-likeness (QED) is 0.676. The van der Waals surface area contributed by atoms with Crippen LogP contribution in [0.5, 0.6) is 0 Å². The Labute approximate surface area is 104 Å². The molecule has 1 atom stereocenters. The molecule has 1 heteroatoms. The van der Waals surface area contributed by atoms with Gasteiger partial charge in [0.1, 0.15) is 0 Å². The molecule has 0 fully saturated rings. The first kappa shape index (κ1) is 10.1. The lowest BCUT2D eigenvalue weighted by Crippen LogP contribution is -1.92. The maximum Gasteiger partial charge on any atom is 0.0257 e. The van der Waals surface area contributed by atoms with E-state index in [1.54, 1.807) is 0 Å². The van der Waals surface area contributed by atoms with Gasteiger partial charge in [-0.3, -0.25) is 0 Å². The second kappa shape index (κ2) is 3.74. The highest BCUT2D eigenvalue weighted by Crippen LogP contribution is 2.39. The Morgan fingerprint density at radius 3 is 2.69 bits per heavy atom. The Morgan fingerprint density at radius 2 is 1.94 bits per heavy atom. The molecule has 2 aromatic rings. The third-order valence-electron chi connectivity index (χ3n) is 3.40. The standard InChI is InChI=1S/C15H13Br/c1-2-10-7-8-12-11-5-3-4-6-13(11)15(16)9-14(10)12/h3-10H,2H2,1H3. The molecule has 0 heterocycles. The largest absolute Gasteiger partial charge is 0.0764 e. The number of allylic oxidation sites excluding steroid dienone is 1. The fourth-order valence-corrected chi connectivity index (χ4v) is 3.13. The average molecular weight is 273 g/mol. The number of halogens is 1. The second-order valence-electron chi connectivity index (χ2n) is 4.28. The molecule has 16 heavy (non-hydrogen) atoms. The summed E-state index contributed by atoms with van der Waals surface area (Å²) < 4.78 is 1.21. The summed E-state index contributed by atoms with van der Waals surface area (Å²) in [6, 6.07) is 10.9. The Hall–Kier alpha value is -1.08. The van der Waals surface area contributed by atoms with Crippen molar-refractivity contribution in [2.45, 2.75) is 19.3 Å². The first-order chi connectivity index (χ1) is 7.81. The van der Waals surface area contributed by atoms with Crippen LogP contribution in [0.1, 0.15) is 30.4 Å². The topological polar surface area (TPSA) is 0 Å². The van der Waals surface area contributed by atoms with Gasteiger partial charge in [0.15, 0.2) is 0 Å². The minimum atomic E-state index is 0.593. The lowest BCUT2D eigenvalue weighted by Gasteiger charge is -2.11. The summed E-state index contributed by atoms with van der Waals surface area (Å²) >= 11 is 3.68. The van der Waals surface area contributed by atoms with E-state index in [9.17, 15) is 0 Å². The molecule has 0 nitrogen and oxygen atoms in total. The Kier molecular flexibility index (Phi) is 2.36. The minimum Gasteiger partial charge on any atom is -0.0764 e. The molecule has 0 radical (unpaired) electrons. The van der Waals surface area contributed by atoms with E-state index in [1.807, 2.05) is 0 Å². The average Bonchev–Trinajstić information content (AvgIpc) is 2.72. The van der Waals surface area contributed by atoms with Crippen molar-refractivity contribution in [2.24, 2.45) is 0 Å². The van der Waals surface area contributed by atoms with Crippen molar-refractivity contribution in [3.8, 4) is 0 Å². The SMILES string of the molecule is CCC1C=Cc2c1cc(Br)c1ccccc21. The third kappa shape index (κ3) is 1.35. The molecule has 80 valence electrons. The summed E-state index contributed by atoms with van der Waals surface area (Å²) in [5.41, 5.74) is 2.87. The molecule has 0 spiro atoms. The third-order valence-corrected chi connectivity index (χ3v) is 4.06. The van der Waals surface area contributed by atoms with Crippen LogP contribution in [0.25, 0.3) is 16.8 Å². The first-order valence-electron chi connectivity index (χ1n) is 5.70. The molecule has 3 rings (SSSR count). The molecular weight excluding hydrogens is 260 g/mol. The van der Waals surface area contributed by atoms with E-state index in [4.69, 9.17) is 0 Å². The van der Waals surface area contributed by atoms with Gasteiger partial charge in [-0.1, -0.05) is 59.3 Å². The smallest absolute Gasteiger partial charge is 0.0257 e. The minimum absolute atomic E-state index is 0.593. The van der Waals surface area contributed by atoms with E-state index < -0.39 is 0 Å². The maximum atomic E-state index is 3.68. The molecular formula is C15H13Br. The summed E-state index contributed by atoms with van der Waals surface area (Å²) in [4.78, 5) is 0. The molecule has 1 aliphatic carbocycles. The van der Waals surface area contributed by atoms with Crippen LogP contribution in [-0.2, 0) is 0 Å². The summed E-state index contributed by atoms with van der Waals surface area (Å²) in [7, 11) is 0. The zero-order valence-corrected chi connectivity index (χ0v) is 10.8. The number of fused-ring (bicyclic) bond motifs is 3. The number of rotatable bonds is 1. The van der Waals surface area contributed by atoms with E-state index in [1.165, 1.54) is 32.8 Å². The molecule has 0 bridgehead atoms. The van der Waals surface area contributed by atoms with Gasteiger partial charge in [-0.05, 0) is 34.4 Å². The van der Waals surface area contributed by atoms with Crippen LogP contribution < -0.4 is 0 Å². The Morgan fingerprint density at radius 1 is 1.19 bits per heavy atom. The van der Waals surface area contributed by atoms with Crippen molar-refractivity contribution in [3.63, 3.8) is 0 Å². The van der Waals surface area contributed by atoms with Crippen LogP contribution in [-0.4, -0.2) is 0 Å². The number of benzene rings is 2. The molecule has 0 aromatic heterocycles. The number of hydrogen-bond acceptors (Lipinski definition) is 0. The Bertz CT molecular complexity index is 581. The molecule has 1 aliphatic rings. The van der Waals surface area contributed by atoms with Crippen molar-refractivity contribution < 1.29 is 0 Å². The van der Waals surface area contributed by atoms with E-state index in [-0.39, 0.29) is 0 Å². The van der Waals surface area contributed by atoms with Gasteiger partial charge in [0.05, 0.1) is 0 Å². The van der Waals surface area contributed by atoms with Gasteiger partial charge < -0.3 is 0 Å². The highest BCUT2D eigenvalue weighted by molar-refractivity contribution is 9.10. The van der Waals surface area contributed by atoms with Gasteiger partial charge in [-0.25, -0.2) is 0 Å². The fourth-order valence-electron chi connectivity index (χ4n) is 2.54. The lowest BCUT2D eigenvalue weighted by molar-refractivity contribution is 0.819. The van der Waals surface area contributed by atoms with E-state index in [0.717, 1.165) is 0 Å². The van der Waals surface area contributed by atoms with E-state index in [2.05, 4.69) is 65.3 Å². The van der Waals surface area contributed by atoms with Gasteiger partial charge in [0.25, 0.3) is 0 Å². The maximum absolute atomic E-state index is 3.68. The summed E-state index contributed by atoms with van der Waals surface area (Å²) in [5, 5.41) is 2.67. The van der Waals surface area contributed by atoms with Gasteiger partial charge in [0.2, 0.25) is 0 Å². The highest BCUT2D eigenvalue weighted by atomic mass is 79.9. The molecule has 0 amide bonds. The molecule has 2 aromatic carbocycles. The van der Waals surface area contributed by atoms with Crippen molar-refractivity contribution >= 4 is 32.8 Å². The van der Waals surface area contributed by atoms with Crippen molar-refractivity contribution in [3.05, 3.63) is 52.0 Å². The van der Waals surface area contributed by atoms with Gasteiger partial charge in [-0.15, -0.1) is 0 Å². The molecule has 0 saturated heterocycles. The number of hydrogen-bond donors (Lipinski definition) is 0. The van der Waals surface area contributed by atoms with Crippen molar-refractivity contribution in [2.75, 3.05) is 0 Å². The normalized spacial score (nSPS) is 18.0. The van der Waals surface area contributed by atoms with Gasteiger partial charge >= 0.3 is 0 Å². The lowest BCUT2D eigenvalue weighted by atomic mass is 9.95. The predicted molar refractivity (Wildman–Crippen MR) is 73.7 cm³/mol. The predicted octanol–water partition coefficient (Wildman–Crippen LogP) is 5.12. The highest BCUT2D eigenvalue weighted by Gasteiger charge is 2.18. The zero-order chi connectivity index (χ0) is 11.1. The van der Waals surface area contributed by atoms with Crippen molar-refractivity contribution in [1.29, 1.82) is 0 Å². The van der Waals surface area contributed by atoms with Crippen LogP contribution >= 0.6 is 15.9 Å².